The first-order valence-corrected chi connectivity index (χ1v) is 7.04. The molecule has 0 aliphatic rings. The molecule has 0 aliphatic heterocycles. The third kappa shape index (κ3) is 5.53. The first-order valence-electron chi connectivity index (χ1n) is 5.96. The number of aliphatic imine (C=N–C) groups is 1. The van der Waals surface area contributed by atoms with E-state index in [2.05, 4.69) is 15.6 Å². The van der Waals surface area contributed by atoms with Crippen molar-refractivity contribution in [1.29, 1.82) is 0 Å². The van der Waals surface area contributed by atoms with E-state index in [1.807, 2.05) is 43.4 Å². The molecule has 0 atom stereocenters. The summed E-state index contributed by atoms with van der Waals surface area (Å²) in [6.45, 7) is 5.43. The number of hydrogen-bond acceptors (Lipinski definition) is 4. The van der Waals surface area contributed by atoms with E-state index in [1.54, 1.807) is 12.1 Å². The number of halogens is 1. The summed E-state index contributed by atoms with van der Waals surface area (Å²) in [5.41, 5.74) is 5.11. The number of amides is 2. The molecule has 1 aromatic carbocycles. The summed E-state index contributed by atoms with van der Waals surface area (Å²) in [4.78, 5) is 26.0. The molecule has 8 nitrogen and oxygen atoms in total. The van der Waals surface area contributed by atoms with Gasteiger partial charge in [-0.25, -0.2) is 9.79 Å². The topological polar surface area (TPSA) is 123 Å². The van der Waals surface area contributed by atoms with Crippen molar-refractivity contribution in [3.63, 3.8) is 0 Å². The number of benzene rings is 1. The Morgan fingerprint density at radius 2 is 2.05 bits per heavy atom. The van der Waals surface area contributed by atoms with E-state index in [-0.39, 0.29) is 17.3 Å². The molecule has 0 fully saturated rings. The largest absolute Gasteiger partial charge is 0.369 e. The quantitative estimate of drug-likeness (QED) is 0.230. The minimum Gasteiger partial charge on any atom is -0.369 e. The van der Waals surface area contributed by atoms with Crippen molar-refractivity contribution in [2.75, 3.05) is 0 Å². The zero-order chi connectivity index (χ0) is 16.2. The molecule has 2 amide bonds. The van der Waals surface area contributed by atoms with Gasteiger partial charge in [0.05, 0.1) is 4.92 Å². The first kappa shape index (κ1) is 17.1. The Labute approximate surface area is 135 Å². The van der Waals surface area contributed by atoms with Crippen LogP contribution < -0.4 is 16.4 Å². The Kier molecular flexibility index (Phi) is 5.47. The van der Waals surface area contributed by atoms with Crippen LogP contribution in [0.25, 0.3) is 0 Å². The SMILES string of the molecule is CC(C)(C)NC(=O)NC(N)=Nc1c(I)cccc1[N+](=O)[O-]. The van der Waals surface area contributed by atoms with Crippen molar-refractivity contribution in [2.45, 2.75) is 26.3 Å². The number of nitrogens with zero attached hydrogens (tertiary/aromatic N) is 2. The van der Waals surface area contributed by atoms with Gasteiger partial charge in [0.1, 0.15) is 0 Å². The summed E-state index contributed by atoms with van der Waals surface area (Å²) in [6, 6.07) is 4.00. The van der Waals surface area contributed by atoms with Crippen LogP contribution in [-0.4, -0.2) is 22.5 Å². The van der Waals surface area contributed by atoms with Crippen LogP contribution in [0.3, 0.4) is 0 Å². The fourth-order valence-corrected chi connectivity index (χ4v) is 2.00. The van der Waals surface area contributed by atoms with Crippen molar-refractivity contribution < 1.29 is 9.72 Å². The maximum Gasteiger partial charge on any atom is 0.321 e. The van der Waals surface area contributed by atoms with E-state index >= 15 is 0 Å². The summed E-state index contributed by atoms with van der Waals surface area (Å²) in [6.07, 6.45) is 0. The predicted molar refractivity (Wildman–Crippen MR) is 88.5 cm³/mol. The number of nitro groups is 1. The van der Waals surface area contributed by atoms with Crippen LogP contribution in [0.5, 0.6) is 0 Å². The molecule has 4 N–H and O–H groups in total. The number of carbonyl (C=O) groups is 1. The molecule has 0 spiro atoms. The summed E-state index contributed by atoms with van der Waals surface area (Å²) in [5.74, 6) is -0.219. The van der Waals surface area contributed by atoms with Gasteiger partial charge in [0.25, 0.3) is 5.69 Å². The molecule has 21 heavy (non-hydrogen) atoms. The lowest BCUT2D eigenvalue weighted by Gasteiger charge is -2.20. The summed E-state index contributed by atoms with van der Waals surface area (Å²) >= 11 is 1.91. The van der Waals surface area contributed by atoms with Gasteiger partial charge < -0.3 is 11.1 Å². The molecule has 9 heteroatoms. The number of nitro benzene ring substituents is 1. The normalized spacial score (nSPS) is 11.9. The van der Waals surface area contributed by atoms with Crippen LogP contribution in [0.1, 0.15) is 20.8 Å². The molecule has 0 bridgehead atoms. The van der Waals surface area contributed by atoms with Crippen LogP contribution in [0.15, 0.2) is 23.2 Å². The third-order valence-electron chi connectivity index (χ3n) is 2.12. The number of urea groups is 1. The van der Waals surface area contributed by atoms with E-state index in [0.717, 1.165) is 0 Å². The molecule has 0 heterocycles. The van der Waals surface area contributed by atoms with Gasteiger partial charge in [0.15, 0.2) is 5.69 Å². The standard InChI is InChI=1S/C12H16IN5O3/c1-12(2,3)17-11(19)16-10(14)15-9-7(13)5-4-6-8(9)18(20)21/h4-6H,1-3H3,(H4,14,15,16,17,19). The summed E-state index contributed by atoms with van der Waals surface area (Å²) in [7, 11) is 0. The van der Waals surface area contributed by atoms with Gasteiger partial charge in [-0.15, -0.1) is 0 Å². The Bertz CT molecular complexity index is 595. The second-order valence-electron chi connectivity index (χ2n) is 5.19. The van der Waals surface area contributed by atoms with Gasteiger partial charge in [-0.05, 0) is 49.4 Å². The number of para-hydroxylation sites is 1. The minimum absolute atomic E-state index is 0.108. The van der Waals surface area contributed by atoms with Crippen molar-refractivity contribution >= 4 is 46.0 Å². The van der Waals surface area contributed by atoms with E-state index < -0.39 is 16.5 Å². The number of nitrogens with one attached hydrogen (secondary N) is 2. The van der Waals surface area contributed by atoms with Crippen LogP contribution in [0.2, 0.25) is 0 Å². The second-order valence-corrected chi connectivity index (χ2v) is 6.35. The Morgan fingerprint density at radius 1 is 1.43 bits per heavy atom. The van der Waals surface area contributed by atoms with E-state index in [9.17, 15) is 14.9 Å². The highest BCUT2D eigenvalue weighted by Gasteiger charge is 2.18. The number of guanidine groups is 1. The molecule has 0 saturated heterocycles. The zero-order valence-corrected chi connectivity index (χ0v) is 14.0. The van der Waals surface area contributed by atoms with Crippen molar-refractivity contribution in [1.82, 2.24) is 10.6 Å². The van der Waals surface area contributed by atoms with Gasteiger partial charge in [0, 0.05) is 15.2 Å². The van der Waals surface area contributed by atoms with Crippen LogP contribution >= 0.6 is 22.6 Å². The first-order chi connectivity index (χ1) is 9.60. The molecule has 1 rings (SSSR count). The molecule has 0 radical (unpaired) electrons. The number of rotatable bonds is 2. The van der Waals surface area contributed by atoms with Gasteiger partial charge in [-0.2, -0.15) is 0 Å². The Hall–Kier alpha value is -1.91. The van der Waals surface area contributed by atoms with Crippen molar-refractivity contribution in [2.24, 2.45) is 10.7 Å². The van der Waals surface area contributed by atoms with Gasteiger partial charge in [0.2, 0.25) is 5.96 Å². The second kappa shape index (κ2) is 6.70. The van der Waals surface area contributed by atoms with E-state index in [1.165, 1.54) is 6.07 Å². The van der Waals surface area contributed by atoms with Crippen LogP contribution in [0, 0.1) is 13.7 Å². The fourth-order valence-electron chi connectivity index (χ4n) is 1.40. The number of hydrogen-bond donors (Lipinski definition) is 3. The highest BCUT2D eigenvalue weighted by atomic mass is 127. The Morgan fingerprint density at radius 3 is 2.57 bits per heavy atom. The van der Waals surface area contributed by atoms with Crippen LogP contribution in [0.4, 0.5) is 16.2 Å². The summed E-state index contributed by atoms with van der Waals surface area (Å²) in [5, 5.41) is 15.9. The lowest BCUT2D eigenvalue weighted by molar-refractivity contribution is -0.384. The average molecular weight is 405 g/mol. The Balaban J connectivity index is 2.98. The molecular formula is C12H16IN5O3. The van der Waals surface area contributed by atoms with Crippen molar-refractivity contribution in [3.8, 4) is 0 Å². The average Bonchev–Trinajstić information content (AvgIpc) is 2.28. The molecular weight excluding hydrogens is 389 g/mol. The van der Waals surface area contributed by atoms with Gasteiger partial charge in [-0.1, -0.05) is 6.07 Å². The number of carbonyl (C=O) groups excluding carboxylic acids is 1. The molecule has 114 valence electrons. The molecule has 0 aliphatic carbocycles. The zero-order valence-electron chi connectivity index (χ0n) is 11.8. The smallest absolute Gasteiger partial charge is 0.321 e. The van der Waals surface area contributed by atoms with Crippen LogP contribution in [-0.2, 0) is 0 Å². The lowest BCUT2D eigenvalue weighted by Crippen LogP contribution is -2.50. The minimum atomic E-state index is -0.552. The molecule has 0 aromatic heterocycles. The van der Waals surface area contributed by atoms with Gasteiger partial charge >= 0.3 is 6.03 Å². The molecule has 0 unspecified atom stereocenters. The molecule has 0 saturated carbocycles. The van der Waals surface area contributed by atoms with E-state index in [0.29, 0.717) is 3.57 Å². The number of nitrogens with two attached hydrogens (primary N) is 1. The van der Waals surface area contributed by atoms with E-state index in [4.69, 9.17) is 5.73 Å². The highest BCUT2D eigenvalue weighted by molar-refractivity contribution is 14.1. The monoisotopic (exact) mass is 405 g/mol. The maximum atomic E-state index is 11.6. The van der Waals surface area contributed by atoms with Crippen molar-refractivity contribution in [3.05, 3.63) is 31.9 Å². The maximum absolute atomic E-state index is 11.6. The fraction of sp³-hybridized carbons (Fsp3) is 0.333. The molecule has 1 aromatic rings. The summed E-state index contributed by atoms with van der Waals surface area (Å²) < 4.78 is 0.558. The predicted octanol–water partition coefficient (Wildman–Crippen LogP) is 2.24. The van der Waals surface area contributed by atoms with Gasteiger partial charge in [-0.3, -0.25) is 15.4 Å². The lowest BCUT2D eigenvalue weighted by atomic mass is 10.1. The third-order valence-corrected chi connectivity index (χ3v) is 3.00. The highest BCUT2D eigenvalue weighted by Crippen LogP contribution is 2.31.